The van der Waals surface area contributed by atoms with Gasteiger partial charge in [-0.3, -0.25) is 19.2 Å². The summed E-state index contributed by atoms with van der Waals surface area (Å²) >= 11 is 1.78. The van der Waals surface area contributed by atoms with Gasteiger partial charge in [0.15, 0.2) is 0 Å². The van der Waals surface area contributed by atoms with Crippen molar-refractivity contribution in [2.45, 2.75) is 89.4 Å². The number of fused-ring (bicyclic) bond motifs is 1. The molecule has 9 nitrogen and oxygen atoms in total. The third-order valence-electron chi connectivity index (χ3n) is 7.82. The molecule has 10 heteroatoms. The third-order valence-corrected chi connectivity index (χ3v) is 8.52. The van der Waals surface area contributed by atoms with Crippen LogP contribution in [0.25, 0.3) is 0 Å². The Morgan fingerprint density at radius 2 is 1.67 bits per heavy atom. The van der Waals surface area contributed by atoms with Gasteiger partial charge in [-0.15, -0.1) is 0 Å². The summed E-state index contributed by atoms with van der Waals surface area (Å²) in [5.41, 5.74) is 0.840. The Labute approximate surface area is 236 Å². The number of unbranched alkanes of at least 4 members (excludes halogenated alkanes) is 2. The van der Waals surface area contributed by atoms with Crippen molar-refractivity contribution in [2.24, 2.45) is 5.92 Å². The highest BCUT2D eigenvalue weighted by Crippen LogP contribution is 2.23. The van der Waals surface area contributed by atoms with Gasteiger partial charge in [0.25, 0.3) is 0 Å². The zero-order chi connectivity index (χ0) is 28.4. The highest BCUT2D eigenvalue weighted by atomic mass is 32.2. The van der Waals surface area contributed by atoms with Crippen molar-refractivity contribution in [3.63, 3.8) is 0 Å². The van der Waals surface area contributed by atoms with Crippen molar-refractivity contribution in [2.75, 3.05) is 25.7 Å². The van der Waals surface area contributed by atoms with Gasteiger partial charge in [0, 0.05) is 13.0 Å². The molecule has 2 saturated heterocycles. The van der Waals surface area contributed by atoms with E-state index in [0.29, 0.717) is 38.0 Å². The molecule has 0 radical (unpaired) electrons. The molecule has 0 saturated carbocycles. The first-order valence-corrected chi connectivity index (χ1v) is 15.5. The van der Waals surface area contributed by atoms with Crippen LogP contribution in [0.2, 0.25) is 0 Å². The Kier molecular flexibility index (Phi) is 12.0. The van der Waals surface area contributed by atoms with Crippen LogP contribution in [0.4, 0.5) is 0 Å². The van der Waals surface area contributed by atoms with E-state index in [1.807, 2.05) is 26.0 Å². The lowest BCUT2D eigenvalue weighted by Crippen LogP contribution is -2.62. The predicted octanol–water partition coefficient (Wildman–Crippen LogP) is 2.67. The fourth-order valence-corrected chi connectivity index (χ4v) is 5.70. The Balaban J connectivity index is 1.91. The number of methoxy groups -OCH3 is 1. The summed E-state index contributed by atoms with van der Waals surface area (Å²) in [5, 5.41) is 8.81. The average molecular weight is 561 g/mol. The second kappa shape index (κ2) is 15.1. The van der Waals surface area contributed by atoms with E-state index in [1.54, 1.807) is 35.9 Å². The highest BCUT2D eigenvalue weighted by Gasteiger charge is 2.41. The molecule has 1 aromatic rings. The molecule has 0 spiro atoms. The van der Waals surface area contributed by atoms with Crippen LogP contribution in [0.3, 0.4) is 0 Å². The van der Waals surface area contributed by atoms with Gasteiger partial charge in [0.05, 0.1) is 7.11 Å². The van der Waals surface area contributed by atoms with Crippen LogP contribution >= 0.6 is 11.8 Å². The van der Waals surface area contributed by atoms with E-state index in [4.69, 9.17) is 4.74 Å². The SMILES string of the molecule is CCC(C)[C@@H]1NC(=O)[C@@H](Cc2ccc(OC)cc2)NC(=O)[C@H](CCCCCSC)NC(=O)[C@H]2CCCN2C1=O. The van der Waals surface area contributed by atoms with Crippen molar-refractivity contribution in [3.8, 4) is 5.75 Å². The molecule has 2 aliphatic rings. The van der Waals surface area contributed by atoms with Crippen LogP contribution in [-0.2, 0) is 25.6 Å². The number of carbonyl (C=O) groups excluding carboxylic acids is 4. The second-order valence-corrected chi connectivity index (χ2v) is 11.6. The van der Waals surface area contributed by atoms with E-state index in [-0.39, 0.29) is 30.1 Å². The molecule has 2 fully saturated rings. The van der Waals surface area contributed by atoms with E-state index in [9.17, 15) is 19.2 Å². The highest BCUT2D eigenvalue weighted by molar-refractivity contribution is 7.98. The van der Waals surface area contributed by atoms with E-state index in [1.165, 1.54) is 0 Å². The molecule has 3 N–H and O–H groups in total. The second-order valence-electron chi connectivity index (χ2n) is 10.6. The number of ether oxygens (including phenoxy) is 1. The molecule has 0 aromatic heterocycles. The number of carbonyl (C=O) groups is 4. The maximum atomic E-state index is 13.7. The molecule has 3 rings (SSSR count). The smallest absolute Gasteiger partial charge is 0.246 e. The minimum Gasteiger partial charge on any atom is -0.497 e. The Bertz CT molecular complexity index is 988. The quantitative estimate of drug-likeness (QED) is 0.359. The molecule has 1 aromatic carbocycles. The number of hydrogen-bond donors (Lipinski definition) is 3. The summed E-state index contributed by atoms with van der Waals surface area (Å²) in [6, 6.07) is 4.22. The largest absolute Gasteiger partial charge is 0.497 e. The molecule has 216 valence electrons. The molecule has 4 amide bonds. The topological polar surface area (TPSA) is 117 Å². The van der Waals surface area contributed by atoms with Gasteiger partial charge in [-0.1, -0.05) is 45.2 Å². The zero-order valence-electron chi connectivity index (χ0n) is 23.7. The first kappa shape index (κ1) is 30.8. The van der Waals surface area contributed by atoms with Gasteiger partial charge in [-0.2, -0.15) is 11.8 Å². The monoisotopic (exact) mass is 560 g/mol. The van der Waals surface area contributed by atoms with E-state index in [2.05, 4.69) is 22.2 Å². The molecule has 2 aliphatic heterocycles. The normalized spacial score (nSPS) is 25.1. The van der Waals surface area contributed by atoms with Gasteiger partial charge in [-0.25, -0.2) is 0 Å². The number of rotatable bonds is 11. The lowest BCUT2D eigenvalue weighted by molar-refractivity contribution is -0.144. The summed E-state index contributed by atoms with van der Waals surface area (Å²) in [6.45, 7) is 4.35. The van der Waals surface area contributed by atoms with Crippen molar-refractivity contribution in [1.82, 2.24) is 20.9 Å². The van der Waals surface area contributed by atoms with E-state index in [0.717, 1.165) is 30.6 Å². The number of nitrogens with zero attached hydrogens (tertiary/aromatic N) is 1. The fraction of sp³-hybridized carbons (Fsp3) is 0.655. The predicted molar refractivity (Wildman–Crippen MR) is 154 cm³/mol. The first-order chi connectivity index (χ1) is 18.8. The lowest BCUT2D eigenvalue weighted by atomic mass is 9.95. The molecule has 39 heavy (non-hydrogen) atoms. The lowest BCUT2D eigenvalue weighted by Gasteiger charge is -2.34. The van der Waals surface area contributed by atoms with Crippen LogP contribution < -0.4 is 20.7 Å². The summed E-state index contributed by atoms with van der Waals surface area (Å²) in [7, 11) is 1.59. The van der Waals surface area contributed by atoms with Crippen LogP contribution in [0.5, 0.6) is 5.75 Å². The molecule has 0 bridgehead atoms. The Hall–Kier alpha value is -2.75. The van der Waals surface area contributed by atoms with Gasteiger partial charge in [0.1, 0.15) is 29.9 Å². The summed E-state index contributed by atoms with van der Waals surface area (Å²) in [5.74, 6) is 0.283. The van der Waals surface area contributed by atoms with Crippen molar-refractivity contribution in [3.05, 3.63) is 29.8 Å². The van der Waals surface area contributed by atoms with Gasteiger partial charge in [-0.05, 0) is 61.3 Å². The number of benzene rings is 1. The number of nitrogens with one attached hydrogen (secondary N) is 3. The third kappa shape index (κ3) is 8.37. The van der Waals surface area contributed by atoms with Crippen molar-refractivity contribution >= 4 is 35.4 Å². The van der Waals surface area contributed by atoms with Gasteiger partial charge >= 0.3 is 0 Å². The van der Waals surface area contributed by atoms with Gasteiger partial charge < -0.3 is 25.6 Å². The molecule has 0 aliphatic carbocycles. The minimum atomic E-state index is -0.907. The number of hydrogen-bond acceptors (Lipinski definition) is 6. The Morgan fingerprint density at radius 1 is 0.974 bits per heavy atom. The van der Waals surface area contributed by atoms with Crippen molar-refractivity contribution < 1.29 is 23.9 Å². The zero-order valence-corrected chi connectivity index (χ0v) is 24.5. The van der Waals surface area contributed by atoms with Crippen LogP contribution in [0, 0.1) is 5.92 Å². The van der Waals surface area contributed by atoms with E-state index < -0.39 is 30.1 Å². The average Bonchev–Trinajstić information content (AvgIpc) is 3.44. The van der Waals surface area contributed by atoms with Crippen molar-refractivity contribution in [1.29, 1.82) is 0 Å². The molecular formula is C29H44N4O5S. The molecule has 2 heterocycles. The maximum absolute atomic E-state index is 13.7. The fourth-order valence-electron chi connectivity index (χ4n) is 5.21. The standard InChI is InChI=1S/C29H44N4O5S/c1-5-19(2)25-29(37)33-16-9-11-24(33)28(36)30-22(10-7-6-8-17-39-4)26(34)31-23(27(35)32-25)18-20-12-14-21(38-3)15-13-20/h12-15,19,22-25H,5-11,16-18H2,1-4H3,(H,30,36)(H,31,34)(H,32,35)/t19?,22-,23+,24+,25-/m0/s1. The van der Waals surface area contributed by atoms with Crippen LogP contribution in [0.15, 0.2) is 24.3 Å². The minimum absolute atomic E-state index is 0.139. The van der Waals surface area contributed by atoms with Crippen LogP contribution in [-0.4, -0.2) is 78.4 Å². The molecular weight excluding hydrogens is 516 g/mol. The summed E-state index contributed by atoms with van der Waals surface area (Å²) in [4.78, 5) is 55.9. The van der Waals surface area contributed by atoms with Gasteiger partial charge in [0.2, 0.25) is 23.6 Å². The maximum Gasteiger partial charge on any atom is 0.246 e. The van der Waals surface area contributed by atoms with E-state index >= 15 is 0 Å². The molecule has 1 unspecified atom stereocenters. The summed E-state index contributed by atoms with van der Waals surface area (Å²) < 4.78 is 5.24. The first-order valence-electron chi connectivity index (χ1n) is 14.1. The number of amides is 4. The summed E-state index contributed by atoms with van der Waals surface area (Å²) in [6.07, 6.45) is 7.46. The molecule has 5 atom stereocenters. The Morgan fingerprint density at radius 3 is 2.33 bits per heavy atom. The van der Waals surface area contributed by atoms with Crippen LogP contribution in [0.1, 0.15) is 64.4 Å². The number of thioether (sulfide) groups is 1.